The van der Waals surface area contributed by atoms with Crippen molar-refractivity contribution in [3.8, 4) is 5.75 Å². The number of nitrogens with one attached hydrogen (secondary N) is 1. The van der Waals surface area contributed by atoms with E-state index in [1.807, 2.05) is 36.4 Å². The molecule has 1 saturated heterocycles. The fourth-order valence-corrected chi connectivity index (χ4v) is 5.09. The summed E-state index contributed by atoms with van der Waals surface area (Å²) in [5, 5.41) is 23.9. The molecule has 1 unspecified atom stereocenters. The number of carbonyl (C=O) groups is 1. The van der Waals surface area contributed by atoms with Crippen LogP contribution in [0.4, 0.5) is 0 Å². The Bertz CT molecular complexity index is 1390. The topological polar surface area (TPSA) is 84.3 Å². The zero-order chi connectivity index (χ0) is 25.8. The number of amides is 1. The second kappa shape index (κ2) is 11.3. The summed E-state index contributed by atoms with van der Waals surface area (Å²) in [7, 11) is 0. The standard InChI is InChI=1S/C30H30ClN3O3/c1-19(23-5-3-2-4-6-23)25-16-22(15-20-11-13-37-14-12-20)17-26-27(25)33-34-28(29(26)35)30(36)32-18-21-7-9-24(31)10-8-21/h2-10,16-17,19-20H,11-15,18H2,1H3,(H,32,36)(H,33,35). The summed E-state index contributed by atoms with van der Waals surface area (Å²) in [5.41, 5.74) is 4.68. The molecule has 0 aliphatic carbocycles. The highest BCUT2D eigenvalue weighted by molar-refractivity contribution is 6.30. The normalized spacial score (nSPS) is 15.0. The molecular weight excluding hydrogens is 486 g/mol. The van der Waals surface area contributed by atoms with Crippen LogP contribution in [0.15, 0.2) is 66.7 Å². The van der Waals surface area contributed by atoms with E-state index in [1.54, 1.807) is 12.1 Å². The van der Waals surface area contributed by atoms with E-state index in [2.05, 4.69) is 40.6 Å². The van der Waals surface area contributed by atoms with Crippen molar-refractivity contribution < 1.29 is 14.6 Å². The molecule has 2 heterocycles. The van der Waals surface area contributed by atoms with E-state index in [1.165, 1.54) is 0 Å². The Morgan fingerprint density at radius 2 is 1.78 bits per heavy atom. The van der Waals surface area contributed by atoms with E-state index in [0.29, 0.717) is 21.8 Å². The molecule has 1 fully saturated rings. The summed E-state index contributed by atoms with van der Waals surface area (Å²) >= 11 is 5.95. The number of aromatic nitrogens is 2. The molecule has 1 atom stereocenters. The predicted molar refractivity (Wildman–Crippen MR) is 145 cm³/mol. The predicted octanol–water partition coefficient (Wildman–Crippen LogP) is 6.04. The summed E-state index contributed by atoms with van der Waals surface area (Å²) in [6.07, 6.45) is 2.91. The summed E-state index contributed by atoms with van der Waals surface area (Å²) in [6, 6.07) is 21.6. The van der Waals surface area contributed by atoms with Crippen molar-refractivity contribution in [3.63, 3.8) is 0 Å². The molecule has 0 bridgehead atoms. The number of hydrogen-bond donors (Lipinski definition) is 2. The number of halogens is 1. The molecule has 1 aliphatic rings. The monoisotopic (exact) mass is 515 g/mol. The first-order valence-electron chi connectivity index (χ1n) is 12.7. The van der Waals surface area contributed by atoms with Crippen molar-refractivity contribution in [3.05, 3.63) is 99.7 Å². The van der Waals surface area contributed by atoms with Crippen molar-refractivity contribution >= 4 is 28.4 Å². The van der Waals surface area contributed by atoms with Crippen LogP contribution in [-0.2, 0) is 17.7 Å². The maximum absolute atomic E-state index is 13.0. The molecule has 3 aromatic carbocycles. The van der Waals surface area contributed by atoms with Crippen LogP contribution in [0.1, 0.15) is 58.4 Å². The minimum Gasteiger partial charge on any atom is -0.505 e. The molecule has 1 amide bonds. The first-order valence-corrected chi connectivity index (χ1v) is 13.0. The molecular formula is C30H30ClN3O3. The summed E-state index contributed by atoms with van der Waals surface area (Å²) in [5.74, 6) is -0.0647. The minimum absolute atomic E-state index is 0.0385. The Balaban J connectivity index is 1.50. The molecule has 6 nitrogen and oxygen atoms in total. The summed E-state index contributed by atoms with van der Waals surface area (Å²) in [4.78, 5) is 13.0. The zero-order valence-corrected chi connectivity index (χ0v) is 21.5. The van der Waals surface area contributed by atoms with Crippen LogP contribution in [-0.4, -0.2) is 34.4 Å². The largest absolute Gasteiger partial charge is 0.505 e. The van der Waals surface area contributed by atoms with Crippen molar-refractivity contribution in [1.82, 2.24) is 15.5 Å². The van der Waals surface area contributed by atoms with Crippen molar-refractivity contribution in [1.29, 1.82) is 0 Å². The third-order valence-electron chi connectivity index (χ3n) is 7.14. The van der Waals surface area contributed by atoms with Gasteiger partial charge in [-0.15, -0.1) is 10.2 Å². The number of carbonyl (C=O) groups excluding carboxylic acids is 1. The lowest BCUT2D eigenvalue weighted by atomic mass is 9.86. The van der Waals surface area contributed by atoms with Crippen LogP contribution in [0.5, 0.6) is 5.75 Å². The van der Waals surface area contributed by atoms with Gasteiger partial charge in [0, 0.05) is 36.1 Å². The quantitative estimate of drug-likeness (QED) is 0.313. The van der Waals surface area contributed by atoms with E-state index in [4.69, 9.17) is 16.3 Å². The van der Waals surface area contributed by atoms with Gasteiger partial charge < -0.3 is 15.2 Å². The zero-order valence-electron chi connectivity index (χ0n) is 20.8. The highest BCUT2D eigenvalue weighted by Crippen LogP contribution is 2.36. The molecule has 37 heavy (non-hydrogen) atoms. The van der Waals surface area contributed by atoms with Crippen LogP contribution >= 0.6 is 11.6 Å². The van der Waals surface area contributed by atoms with Crippen LogP contribution in [0.25, 0.3) is 10.9 Å². The SMILES string of the molecule is CC(c1ccccc1)c1cc(CC2CCOCC2)cc2c(O)c(C(=O)NCc3ccc(Cl)cc3)nnc12. The van der Waals surface area contributed by atoms with Crippen LogP contribution in [0.2, 0.25) is 5.02 Å². The molecule has 4 aromatic rings. The fraction of sp³-hybridized carbons (Fsp3) is 0.300. The molecule has 1 aromatic heterocycles. The molecule has 0 radical (unpaired) electrons. The van der Waals surface area contributed by atoms with E-state index in [-0.39, 0.29) is 23.9 Å². The molecule has 7 heteroatoms. The maximum Gasteiger partial charge on any atom is 0.275 e. The number of nitrogens with zero attached hydrogens (tertiary/aromatic N) is 2. The van der Waals surface area contributed by atoms with E-state index in [9.17, 15) is 9.90 Å². The third kappa shape index (κ3) is 5.76. The number of ether oxygens (including phenoxy) is 1. The first kappa shape index (κ1) is 25.2. The lowest BCUT2D eigenvalue weighted by molar-refractivity contribution is 0.0665. The van der Waals surface area contributed by atoms with Gasteiger partial charge in [0.2, 0.25) is 0 Å². The number of rotatable bonds is 7. The molecule has 0 saturated carbocycles. The Morgan fingerprint density at radius 3 is 2.51 bits per heavy atom. The Morgan fingerprint density at radius 1 is 1.05 bits per heavy atom. The Kier molecular flexibility index (Phi) is 7.68. The molecule has 2 N–H and O–H groups in total. The smallest absolute Gasteiger partial charge is 0.275 e. The van der Waals surface area contributed by atoms with Gasteiger partial charge in [0.1, 0.15) is 5.52 Å². The molecule has 0 spiro atoms. The van der Waals surface area contributed by atoms with Crippen LogP contribution in [0, 0.1) is 5.92 Å². The van der Waals surface area contributed by atoms with Crippen LogP contribution < -0.4 is 5.32 Å². The highest BCUT2D eigenvalue weighted by Gasteiger charge is 2.23. The van der Waals surface area contributed by atoms with Gasteiger partial charge in [-0.3, -0.25) is 4.79 Å². The van der Waals surface area contributed by atoms with E-state index < -0.39 is 5.91 Å². The van der Waals surface area contributed by atoms with E-state index in [0.717, 1.165) is 54.7 Å². The molecule has 1 aliphatic heterocycles. The number of hydrogen-bond acceptors (Lipinski definition) is 5. The van der Waals surface area contributed by atoms with Crippen molar-refractivity contribution in [2.24, 2.45) is 5.92 Å². The highest BCUT2D eigenvalue weighted by atomic mass is 35.5. The Labute approximate surface area is 221 Å². The molecule has 190 valence electrons. The summed E-state index contributed by atoms with van der Waals surface area (Å²) in [6.45, 7) is 3.98. The van der Waals surface area contributed by atoms with Gasteiger partial charge in [-0.1, -0.05) is 67.1 Å². The van der Waals surface area contributed by atoms with Gasteiger partial charge >= 0.3 is 0 Å². The lowest BCUT2D eigenvalue weighted by Crippen LogP contribution is -2.24. The maximum atomic E-state index is 13.0. The van der Waals surface area contributed by atoms with Crippen molar-refractivity contribution in [2.75, 3.05) is 13.2 Å². The Hall–Kier alpha value is -3.48. The van der Waals surface area contributed by atoms with Gasteiger partial charge in [-0.25, -0.2) is 0 Å². The number of aromatic hydroxyl groups is 1. The number of benzene rings is 3. The van der Waals surface area contributed by atoms with Crippen molar-refractivity contribution in [2.45, 2.75) is 38.6 Å². The fourth-order valence-electron chi connectivity index (χ4n) is 4.96. The number of fused-ring (bicyclic) bond motifs is 1. The van der Waals surface area contributed by atoms with Gasteiger partial charge in [0.15, 0.2) is 11.4 Å². The first-order chi connectivity index (χ1) is 18.0. The van der Waals surface area contributed by atoms with Gasteiger partial charge in [-0.2, -0.15) is 0 Å². The lowest BCUT2D eigenvalue weighted by Gasteiger charge is -2.23. The second-order valence-electron chi connectivity index (χ2n) is 9.68. The molecule has 5 rings (SSSR count). The third-order valence-corrected chi connectivity index (χ3v) is 7.39. The van der Waals surface area contributed by atoms with Gasteiger partial charge in [-0.05, 0) is 65.6 Å². The average Bonchev–Trinajstić information content (AvgIpc) is 2.93. The average molecular weight is 516 g/mol. The van der Waals surface area contributed by atoms with Gasteiger partial charge in [0.05, 0.1) is 0 Å². The van der Waals surface area contributed by atoms with Gasteiger partial charge in [0.25, 0.3) is 5.91 Å². The van der Waals surface area contributed by atoms with E-state index >= 15 is 0 Å². The minimum atomic E-state index is -0.477. The van der Waals surface area contributed by atoms with Crippen LogP contribution in [0.3, 0.4) is 0 Å². The summed E-state index contributed by atoms with van der Waals surface area (Å²) < 4.78 is 5.54. The second-order valence-corrected chi connectivity index (χ2v) is 10.1.